The zero-order chi connectivity index (χ0) is 15.4. The van der Waals surface area contributed by atoms with Crippen molar-refractivity contribution in [3.05, 3.63) is 29.8 Å². The van der Waals surface area contributed by atoms with Crippen LogP contribution in [0.3, 0.4) is 0 Å². The number of alkyl halides is 2. The average molecular weight is 299 g/mol. The molecule has 6 nitrogen and oxygen atoms in total. The van der Waals surface area contributed by atoms with Crippen molar-refractivity contribution in [1.82, 2.24) is 10.3 Å². The molecule has 114 valence electrons. The van der Waals surface area contributed by atoms with Crippen LogP contribution >= 0.6 is 0 Å². The van der Waals surface area contributed by atoms with Crippen molar-refractivity contribution in [1.29, 1.82) is 0 Å². The van der Waals surface area contributed by atoms with Gasteiger partial charge in [-0.3, -0.25) is 0 Å². The predicted octanol–water partition coefficient (Wildman–Crippen LogP) is 1.66. The van der Waals surface area contributed by atoms with E-state index in [0.29, 0.717) is 17.8 Å². The van der Waals surface area contributed by atoms with Gasteiger partial charge >= 0.3 is 12.7 Å². The molecule has 1 N–H and O–H groups in total. The number of halogens is 2. The van der Waals surface area contributed by atoms with Gasteiger partial charge in [0.15, 0.2) is 0 Å². The van der Waals surface area contributed by atoms with Crippen LogP contribution in [-0.4, -0.2) is 50.1 Å². The van der Waals surface area contributed by atoms with Crippen molar-refractivity contribution >= 4 is 11.8 Å². The molecule has 0 fully saturated rings. The number of rotatable bonds is 4. The monoisotopic (exact) mass is 299 g/mol. The summed E-state index contributed by atoms with van der Waals surface area (Å²) in [6.07, 6.45) is -0.478. The van der Waals surface area contributed by atoms with Gasteiger partial charge in [-0.1, -0.05) is 0 Å². The standard InChI is InChI=1S/C13H15F2N3O3/c1-18(13(19)20-2)10-7-16-17-11(10)8-3-5-9(6-4-8)21-12(14)15/h3-6,10,12,16H,7H2,1-2H3. The number of ether oxygens (including phenoxy) is 2. The van der Waals surface area contributed by atoms with Gasteiger partial charge in [0.1, 0.15) is 5.75 Å². The molecule has 21 heavy (non-hydrogen) atoms. The molecule has 1 aromatic rings. The van der Waals surface area contributed by atoms with Crippen molar-refractivity contribution in [2.45, 2.75) is 12.7 Å². The molecular formula is C13H15F2N3O3. The Morgan fingerprint density at radius 2 is 2.10 bits per heavy atom. The molecular weight excluding hydrogens is 284 g/mol. The maximum Gasteiger partial charge on any atom is 0.409 e. The van der Waals surface area contributed by atoms with Crippen molar-refractivity contribution < 1.29 is 23.0 Å². The van der Waals surface area contributed by atoms with Crippen LogP contribution in [0.1, 0.15) is 5.56 Å². The number of nitrogens with zero attached hydrogens (tertiary/aromatic N) is 2. The smallest absolute Gasteiger partial charge is 0.409 e. The van der Waals surface area contributed by atoms with Gasteiger partial charge in [-0.2, -0.15) is 13.9 Å². The number of carbonyl (C=O) groups excluding carboxylic acids is 1. The van der Waals surface area contributed by atoms with Gasteiger partial charge < -0.3 is 19.8 Å². The summed E-state index contributed by atoms with van der Waals surface area (Å²) < 4.78 is 33.2. The normalized spacial score (nSPS) is 17.2. The number of hydrogen-bond donors (Lipinski definition) is 1. The van der Waals surface area contributed by atoms with Crippen LogP contribution in [0.4, 0.5) is 13.6 Å². The summed E-state index contributed by atoms with van der Waals surface area (Å²) in [5, 5.41) is 4.14. The molecule has 1 heterocycles. The summed E-state index contributed by atoms with van der Waals surface area (Å²) in [6, 6.07) is 5.79. The predicted molar refractivity (Wildman–Crippen MR) is 71.6 cm³/mol. The first-order valence-electron chi connectivity index (χ1n) is 6.19. The van der Waals surface area contributed by atoms with Gasteiger partial charge in [-0.25, -0.2) is 4.79 Å². The first-order valence-corrected chi connectivity index (χ1v) is 6.19. The number of amides is 1. The summed E-state index contributed by atoms with van der Waals surface area (Å²) in [7, 11) is 2.90. The molecule has 0 saturated heterocycles. The molecule has 2 rings (SSSR count). The van der Waals surface area contributed by atoms with Crippen molar-refractivity contribution in [3.63, 3.8) is 0 Å². The molecule has 1 aromatic carbocycles. The Morgan fingerprint density at radius 1 is 1.43 bits per heavy atom. The van der Waals surface area contributed by atoms with E-state index >= 15 is 0 Å². The Kier molecular flexibility index (Phi) is 4.56. The van der Waals surface area contributed by atoms with Crippen LogP contribution < -0.4 is 10.2 Å². The van der Waals surface area contributed by atoms with Crippen LogP contribution in [0.25, 0.3) is 0 Å². The zero-order valence-electron chi connectivity index (χ0n) is 11.5. The highest BCUT2D eigenvalue weighted by molar-refractivity contribution is 6.06. The van der Waals surface area contributed by atoms with Crippen molar-refractivity contribution in [3.8, 4) is 5.75 Å². The average Bonchev–Trinajstić information content (AvgIpc) is 2.95. The number of methoxy groups -OCH3 is 1. The van der Waals surface area contributed by atoms with Crippen LogP contribution in [0.5, 0.6) is 5.75 Å². The number of carbonyl (C=O) groups is 1. The third-order valence-corrected chi connectivity index (χ3v) is 3.11. The second-order valence-electron chi connectivity index (χ2n) is 4.36. The number of hydrazone groups is 1. The SMILES string of the molecule is COC(=O)N(C)C1CNN=C1c1ccc(OC(F)F)cc1. The third kappa shape index (κ3) is 3.39. The summed E-state index contributed by atoms with van der Waals surface area (Å²) >= 11 is 0. The first kappa shape index (κ1) is 15.0. The molecule has 0 saturated carbocycles. The van der Waals surface area contributed by atoms with Crippen molar-refractivity contribution in [2.75, 3.05) is 20.7 Å². The minimum atomic E-state index is -2.86. The summed E-state index contributed by atoms with van der Waals surface area (Å²) in [6.45, 7) is -2.41. The van der Waals surface area contributed by atoms with E-state index < -0.39 is 12.7 Å². The van der Waals surface area contributed by atoms with Crippen LogP contribution in [0.15, 0.2) is 29.4 Å². The lowest BCUT2D eigenvalue weighted by Gasteiger charge is -2.23. The molecule has 8 heteroatoms. The molecule has 0 aromatic heterocycles. The lowest BCUT2D eigenvalue weighted by atomic mass is 10.0. The molecule has 0 bridgehead atoms. The Labute approximate surface area is 120 Å². The Bertz CT molecular complexity index is 534. The summed E-state index contributed by atoms with van der Waals surface area (Å²) in [5.41, 5.74) is 4.16. The summed E-state index contributed by atoms with van der Waals surface area (Å²) in [5.74, 6) is 0.0678. The molecule has 1 atom stereocenters. The number of nitrogens with one attached hydrogen (secondary N) is 1. The molecule has 1 aliphatic rings. The fourth-order valence-electron chi connectivity index (χ4n) is 2.04. The Morgan fingerprint density at radius 3 is 2.67 bits per heavy atom. The van der Waals surface area contributed by atoms with Crippen LogP contribution in [0, 0.1) is 0 Å². The Hall–Kier alpha value is -2.38. The quantitative estimate of drug-likeness (QED) is 0.918. The zero-order valence-corrected chi connectivity index (χ0v) is 11.5. The summed E-state index contributed by atoms with van der Waals surface area (Å²) in [4.78, 5) is 13.0. The van der Waals surface area contributed by atoms with E-state index in [2.05, 4.69) is 20.0 Å². The molecule has 0 radical (unpaired) electrons. The van der Waals surface area contributed by atoms with E-state index in [0.717, 1.165) is 0 Å². The minimum absolute atomic E-state index is 0.0678. The number of likely N-dealkylation sites (N-methyl/N-ethyl adjacent to an activating group) is 1. The number of benzene rings is 1. The lowest BCUT2D eigenvalue weighted by molar-refractivity contribution is -0.0498. The van der Waals surface area contributed by atoms with E-state index in [-0.39, 0.29) is 11.8 Å². The first-order chi connectivity index (χ1) is 10.0. The lowest BCUT2D eigenvalue weighted by Crippen LogP contribution is -2.43. The molecule has 0 aliphatic carbocycles. The van der Waals surface area contributed by atoms with E-state index in [1.165, 1.54) is 24.1 Å². The van der Waals surface area contributed by atoms with Gasteiger partial charge in [0.25, 0.3) is 0 Å². The third-order valence-electron chi connectivity index (χ3n) is 3.11. The van der Waals surface area contributed by atoms with Gasteiger partial charge in [0.05, 0.1) is 25.4 Å². The fourth-order valence-corrected chi connectivity index (χ4v) is 2.04. The van der Waals surface area contributed by atoms with Gasteiger partial charge in [-0.15, -0.1) is 0 Å². The van der Waals surface area contributed by atoms with Crippen LogP contribution in [-0.2, 0) is 4.74 Å². The van der Waals surface area contributed by atoms with Gasteiger partial charge in [0.2, 0.25) is 0 Å². The second-order valence-corrected chi connectivity index (χ2v) is 4.36. The molecule has 0 spiro atoms. The topological polar surface area (TPSA) is 63.2 Å². The minimum Gasteiger partial charge on any atom is -0.453 e. The van der Waals surface area contributed by atoms with Gasteiger partial charge in [-0.05, 0) is 24.3 Å². The second kappa shape index (κ2) is 6.38. The highest BCUT2D eigenvalue weighted by Gasteiger charge is 2.30. The van der Waals surface area contributed by atoms with E-state index in [1.807, 2.05) is 0 Å². The number of hydrogen-bond acceptors (Lipinski definition) is 5. The Balaban J connectivity index is 2.15. The van der Waals surface area contributed by atoms with Crippen LogP contribution in [0.2, 0.25) is 0 Å². The van der Waals surface area contributed by atoms with E-state index in [1.54, 1.807) is 19.2 Å². The van der Waals surface area contributed by atoms with Crippen molar-refractivity contribution in [2.24, 2.45) is 5.10 Å². The molecule has 1 unspecified atom stereocenters. The highest BCUT2D eigenvalue weighted by Crippen LogP contribution is 2.19. The fraction of sp³-hybridized carbons (Fsp3) is 0.385. The largest absolute Gasteiger partial charge is 0.453 e. The van der Waals surface area contributed by atoms with E-state index in [4.69, 9.17) is 0 Å². The molecule has 1 amide bonds. The molecule has 1 aliphatic heterocycles. The maximum atomic E-state index is 12.1. The highest BCUT2D eigenvalue weighted by atomic mass is 19.3. The van der Waals surface area contributed by atoms with Gasteiger partial charge in [0, 0.05) is 12.6 Å². The maximum absolute atomic E-state index is 12.1. The van der Waals surface area contributed by atoms with E-state index in [9.17, 15) is 13.6 Å².